The van der Waals surface area contributed by atoms with Crippen LogP contribution in [0.1, 0.15) is 56.8 Å². The van der Waals surface area contributed by atoms with Crippen LogP contribution in [0.4, 0.5) is 10.5 Å². The van der Waals surface area contributed by atoms with Gasteiger partial charge >= 0.3 is 6.09 Å². The highest BCUT2D eigenvalue weighted by atomic mass is 16.6. The molecule has 224 valence electrons. The van der Waals surface area contributed by atoms with Gasteiger partial charge < -0.3 is 20.3 Å². The number of nitrogens with zero attached hydrogens (tertiary/aromatic N) is 1. The van der Waals surface area contributed by atoms with Gasteiger partial charge in [-0.25, -0.2) is 4.79 Å². The number of carbonyl (C=O) groups is 3. The smallest absolute Gasteiger partial charge is 0.408 e. The number of hydrogen-bond acceptors (Lipinski definition) is 4. The van der Waals surface area contributed by atoms with Gasteiger partial charge in [0.1, 0.15) is 17.7 Å². The van der Waals surface area contributed by atoms with Gasteiger partial charge in [-0.05, 0) is 68.1 Å². The van der Waals surface area contributed by atoms with Crippen molar-refractivity contribution in [3.05, 3.63) is 114 Å². The quantitative estimate of drug-likeness (QED) is 0.208. The maximum absolute atomic E-state index is 14.4. The average molecular weight is 580 g/mol. The highest BCUT2D eigenvalue weighted by Gasteiger charge is 2.36. The highest BCUT2D eigenvalue weighted by molar-refractivity contribution is 6.00. The monoisotopic (exact) mass is 579 g/mol. The van der Waals surface area contributed by atoms with E-state index in [2.05, 4.69) is 10.6 Å². The summed E-state index contributed by atoms with van der Waals surface area (Å²) < 4.78 is 5.52. The van der Waals surface area contributed by atoms with Gasteiger partial charge in [0.2, 0.25) is 5.91 Å². The van der Waals surface area contributed by atoms with E-state index in [1.165, 1.54) is 0 Å². The Bertz CT molecular complexity index is 1540. The second kappa shape index (κ2) is 14.0. The molecular weight excluding hydrogens is 538 g/mol. The molecule has 0 fully saturated rings. The molecule has 43 heavy (non-hydrogen) atoms. The number of hydrogen-bond donors (Lipinski definition) is 2. The lowest BCUT2D eigenvalue weighted by Gasteiger charge is -2.34. The Hall–Kier alpha value is -4.65. The normalized spacial score (nSPS) is 12.7. The molecule has 0 bridgehead atoms. The van der Waals surface area contributed by atoms with Crippen LogP contribution < -0.4 is 10.6 Å². The van der Waals surface area contributed by atoms with Crippen molar-refractivity contribution < 1.29 is 19.1 Å². The van der Waals surface area contributed by atoms with Gasteiger partial charge in [0.25, 0.3) is 5.91 Å². The predicted molar refractivity (Wildman–Crippen MR) is 172 cm³/mol. The molecule has 0 aliphatic heterocycles. The molecule has 2 N–H and O–H groups in total. The van der Waals surface area contributed by atoms with Crippen LogP contribution in [0.25, 0.3) is 10.8 Å². The zero-order valence-electron chi connectivity index (χ0n) is 25.6. The second-order valence-corrected chi connectivity index (χ2v) is 11.8. The molecule has 4 aromatic carbocycles. The van der Waals surface area contributed by atoms with E-state index in [-0.39, 0.29) is 18.2 Å². The summed E-state index contributed by atoms with van der Waals surface area (Å²) in [6, 6.07) is 28.9. The van der Waals surface area contributed by atoms with Crippen LogP contribution in [0.2, 0.25) is 0 Å². The van der Waals surface area contributed by atoms with E-state index < -0.39 is 23.8 Å². The SMILES string of the molecule is CCCN(C(=O)C(Cc1ccccc1)NC(=O)OC(C)(C)C)C(C(=O)Nc1ccc2ccccc2c1)c1ccc(C)cc1. The molecule has 0 aliphatic rings. The Kier molecular flexibility index (Phi) is 10.2. The van der Waals surface area contributed by atoms with Crippen LogP contribution in [0.5, 0.6) is 0 Å². The molecule has 0 saturated carbocycles. The molecule has 0 spiro atoms. The Morgan fingerprint density at radius 2 is 1.49 bits per heavy atom. The highest BCUT2D eigenvalue weighted by Crippen LogP contribution is 2.27. The fourth-order valence-electron chi connectivity index (χ4n) is 5.01. The molecular formula is C36H41N3O4. The van der Waals surface area contributed by atoms with Crippen molar-refractivity contribution >= 4 is 34.4 Å². The summed E-state index contributed by atoms with van der Waals surface area (Å²) in [6.45, 7) is 9.56. The van der Waals surface area contributed by atoms with Gasteiger partial charge in [0, 0.05) is 18.7 Å². The molecule has 7 heteroatoms. The third kappa shape index (κ3) is 8.67. The number of aryl methyl sites for hydroxylation is 1. The first-order valence-electron chi connectivity index (χ1n) is 14.7. The molecule has 2 unspecified atom stereocenters. The number of fused-ring (bicyclic) bond motifs is 1. The summed E-state index contributed by atoms with van der Waals surface area (Å²) in [5.74, 6) is -0.701. The average Bonchev–Trinajstić information content (AvgIpc) is 2.96. The standard InChI is InChI=1S/C36H41N3O4/c1-6-22-39(34(41)31(23-26-12-8-7-9-13-26)38-35(42)43-36(3,4)5)32(28-18-16-25(2)17-19-28)33(40)37-30-21-20-27-14-10-11-15-29(27)24-30/h7-21,24,31-32H,6,22-23H2,1-5H3,(H,37,40)(H,38,42). The third-order valence-corrected chi connectivity index (χ3v) is 6.99. The van der Waals surface area contributed by atoms with Crippen LogP contribution >= 0.6 is 0 Å². The van der Waals surface area contributed by atoms with Crippen LogP contribution in [0.15, 0.2) is 97.1 Å². The number of amides is 3. The molecule has 3 amide bonds. The molecule has 0 radical (unpaired) electrons. The number of carbonyl (C=O) groups excluding carboxylic acids is 3. The summed E-state index contributed by atoms with van der Waals surface area (Å²) in [7, 11) is 0. The Morgan fingerprint density at radius 3 is 2.14 bits per heavy atom. The molecule has 4 aromatic rings. The van der Waals surface area contributed by atoms with E-state index in [1.54, 1.807) is 25.7 Å². The molecule has 4 rings (SSSR count). The number of benzene rings is 4. The van der Waals surface area contributed by atoms with Gasteiger partial charge in [-0.15, -0.1) is 0 Å². The van der Waals surface area contributed by atoms with Crippen LogP contribution in [-0.2, 0) is 20.7 Å². The molecule has 0 aromatic heterocycles. The fraction of sp³-hybridized carbons (Fsp3) is 0.306. The van der Waals surface area contributed by atoms with E-state index in [9.17, 15) is 14.4 Å². The Balaban J connectivity index is 1.71. The van der Waals surface area contributed by atoms with E-state index in [1.807, 2.05) is 111 Å². The minimum Gasteiger partial charge on any atom is -0.444 e. The van der Waals surface area contributed by atoms with Crippen molar-refractivity contribution in [1.82, 2.24) is 10.2 Å². The lowest BCUT2D eigenvalue weighted by Crippen LogP contribution is -2.53. The van der Waals surface area contributed by atoms with Crippen molar-refractivity contribution in [3.8, 4) is 0 Å². The minimum absolute atomic E-state index is 0.242. The zero-order chi connectivity index (χ0) is 31.0. The maximum Gasteiger partial charge on any atom is 0.408 e. The lowest BCUT2D eigenvalue weighted by atomic mass is 9.99. The topological polar surface area (TPSA) is 87.7 Å². The van der Waals surface area contributed by atoms with Crippen LogP contribution in [0.3, 0.4) is 0 Å². The van der Waals surface area contributed by atoms with Crippen LogP contribution in [-0.4, -0.2) is 41.0 Å². The largest absolute Gasteiger partial charge is 0.444 e. The van der Waals surface area contributed by atoms with E-state index in [0.717, 1.165) is 21.9 Å². The summed E-state index contributed by atoms with van der Waals surface area (Å²) >= 11 is 0. The first kappa shape index (κ1) is 31.3. The molecule has 2 atom stereocenters. The van der Waals surface area contributed by atoms with Crippen molar-refractivity contribution in [3.63, 3.8) is 0 Å². The van der Waals surface area contributed by atoms with Gasteiger partial charge in [-0.1, -0.05) is 97.4 Å². The van der Waals surface area contributed by atoms with Gasteiger partial charge in [-0.3, -0.25) is 9.59 Å². The number of ether oxygens (including phenoxy) is 1. The van der Waals surface area contributed by atoms with Gasteiger partial charge in [0.05, 0.1) is 0 Å². The maximum atomic E-state index is 14.4. The number of nitrogens with one attached hydrogen (secondary N) is 2. The van der Waals surface area contributed by atoms with E-state index >= 15 is 0 Å². The van der Waals surface area contributed by atoms with Crippen molar-refractivity contribution in [2.45, 2.75) is 65.1 Å². The summed E-state index contributed by atoms with van der Waals surface area (Å²) in [5, 5.41) is 7.92. The van der Waals surface area contributed by atoms with E-state index in [0.29, 0.717) is 24.2 Å². The van der Waals surface area contributed by atoms with E-state index in [4.69, 9.17) is 4.74 Å². The number of rotatable bonds is 10. The van der Waals surface area contributed by atoms with Gasteiger partial charge in [0.15, 0.2) is 0 Å². The second-order valence-electron chi connectivity index (χ2n) is 11.8. The van der Waals surface area contributed by atoms with Crippen molar-refractivity contribution in [1.29, 1.82) is 0 Å². The minimum atomic E-state index is -0.954. The predicted octanol–water partition coefficient (Wildman–Crippen LogP) is 7.20. The van der Waals surface area contributed by atoms with Crippen molar-refractivity contribution in [2.75, 3.05) is 11.9 Å². The van der Waals surface area contributed by atoms with Crippen molar-refractivity contribution in [2.24, 2.45) is 0 Å². The summed E-state index contributed by atoms with van der Waals surface area (Å²) in [4.78, 5) is 43.1. The number of anilines is 1. The molecule has 7 nitrogen and oxygen atoms in total. The lowest BCUT2D eigenvalue weighted by molar-refractivity contribution is -0.140. The third-order valence-electron chi connectivity index (χ3n) is 6.99. The fourth-order valence-corrected chi connectivity index (χ4v) is 5.01. The summed E-state index contributed by atoms with van der Waals surface area (Å²) in [5.41, 5.74) is 2.50. The molecule has 0 saturated heterocycles. The number of alkyl carbamates (subject to hydrolysis) is 1. The van der Waals surface area contributed by atoms with Crippen LogP contribution in [0, 0.1) is 6.92 Å². The first-order valence-corrected chi connectivity index (χ1v) is 14.7. The Morgan fingerprint density at radius 1 is 0.837 bits per heavy atom. The Labute approximate surface area is 254 Å². The zero-order valence-corrected chi connectivity index (χ0v) is 25.6. The summed E-state index contributed by atoms with van der Waals surface area (Å²) in [6.07, 6.45) is 0.166. The molecule has 0 heterocycles. The molecule has 0 aliphatic carbocycles. The first-order chi connectivity index (χ1) is 20.5. The van der Waals surface area contributed by atoms with Gasteiger partial charge in [-0.2, -0.15) is 0 Å².